The molecule has 0 saturated heterocycles. The molecule has 234 valence electrons. The number of aromatic nitrogens is 3. The fourth-order valence-corrected chi connectivity index (χ4v) is 5.23. The molecule has 0 aliphatic heterocycles. The van der Waals surface area contributed by atoms with Crippen LogP contribution in [0.25, 0.3) is 28.0 Å². The predicted molar refractivity (Wildman–Crippen MR) is 171 cm³/mol. The largest absolute Gasteiger partial charge is 0.465 e. The highest BCUT2D eigenvalue weighted by molar-refractivity contribution is 5.98. The van der Waals surface area contributed by atoms with Crippen molar-refractivity contribution < 1.29 is 18.0 Å². The number of pyridine rings is 1. The lowest BCUT2D eigenvalue weighted by Crippen LogP contribution is -2.25. The number of carbonyl (C=O) groups is 1. The number of furan rings is 1. The molecule has 5 rings (SSSR count). The minimum Gasteiger partial charge on any atom is -0.465 e. The summed E-state index contributed by atoms with van der Waals surface area (Å²) in [7, 11) is 0. The Kier molecular flexibility index (Phi) is 9.68. The summed E-state index contributed by atoms with van der Waals surface area (Å²) in [5, 5.41) is 6.49. The van der Waals surface area contributed by atoms with Crippen molar-refractivity contribution in [3.63, 3.8) is 0 Å². The Balaban J connectivity index is 1.61. The van der Waals surface area contributed by atoms with Crippen LogP contribution in [0.15, 0.2) is 69.9 Å². The fraction of sp³-hybridized carbons (Fsp3) is 0.294. The number of aryl methyl sites for hydroxylation is 2. The van der Waals surface area contributed by atoms with E-state index in [0.717, 1.165) is 54.1 Å². The van der Waals surface area contributed by atoms with E-state index >= 15 is 8.78 Å². The van der Waals surface area contributed by atoms with Gasteiger partial charge in [0.1, 0.15) is 28.8 Å². The maximum Gasteiger partial charge on any atom is 0.256 e. The molecule has 0 radical (unpaired) electrons. The van der Waals surface area contributed by atoms with Crippen LogP contribution in [0.1, 0.15) is 47.7 Å². The van der Waals surface area contributed by atoms with Crippen LogP contribution in [0.2, 0.25) is 0 Å². The first-order chi connectivity index (χ1) is 21.7. The molecule has 0 fully saturated rings. The van der Waals surface area contributed by atoms with E-state index in [2.05, 4.69) is 34.4 Å². The lowest BCUT2D eigenvalue weighted by atomic mass is 9.99. The molecule has 0 atom stereocenters. The van der Waals surface area contributed by atoms with Crippen molar-refractivity contribution in [1.82, 2.24) is 24.8 Å². The van der Waals surface area contributed by atoms with E-state index < -0.39 is 22.9 Å². The first kappa shape index (κ1) is 31.5. The average molecular weight is 615 g/mol. The molecule has 2 N–H and O–H groups in total. The molecule has 0 spiro atoms. The summed E-state index contributed by atoms with van der Waals surface area (Å²) in [6, 6.07) is 15.0. The van der Waals surface area contributed by atoms with Gasteiger partial charge < -0.3 is 20.0 Å². The van der Waals surface area contributed by atoms with Crippen LogP contribution in [0.5, 0.6) is 0 Å². The standard InChI is InChI=1S/C34H36F2N6O3/c1-5-41(6-2)18-8-17-37-34-39-30(25-15-16-29(43)42(32(25)40-34)31-27(35)9-7-10-28(31)36)26-19-23(13-11-21(26)3)33(44)38-20-24-14-12-22(4)45-24/h7,9-16,19H,5-6,8,17-18,20H2,1-4H3,(H,38,44)(H,37,39,40). The van der Waals surface area contributed by atoms with E-state index in [4.69, 9.17) is 9.40 Å². The van der Waals surface area contributed by atoms with Crippen molar-refractivity contribution in [2.75, 3.05) is 31.5 Å². The second kappa shape index (κ2) is 13.8. The maximum atomic E-state index is 15.0. The number of benzene rings is 2. The summed E-state index contributed by atoms with van der Waals surface area (Å²) >= 11 is 0. The average Bonchev–Trinajstić information content (AvgIpc) is 3.45. The molecule has 3 aromatic heterocycles. The van der Waals surface area contributed by atoms with Gasteiger partial charge in [0.15, 0.2) is 5.65 Å². The Labute approximate surface area is 259 Å². The summed E-state index contributed by atoms with van der Waals surface area (Å²) in [6.45, 7) is 11.4. The van der Waals surface area contributed by atoms with Gasteiger partial charge in [-0.1, -0.05) is 26.0 Å². The predicted octanol–water partition coefficient (Wildman–Crippen LogP) is 6.01. The highest BCUT2D eigenvalue weighted by Crippen LogP contribution is 2.31. The number of hydrogen-bond acceptors (Lipinski definition) is 7. The van der Waals surface area contributed by atoms with Crippen molar-refractivity contribution in [3.8, 4) is 16.9 Å². The molecule has 2 aromatic carbocycles. The molecule has 0 unspecified atom stereocenters. The van der Waals surface area contributed by atoms with Gasteiger partial charge in [-0.25, -0.2) is 13.8 Å². The van der Waals surface area contributed by atoms with E-state index in [9.17, 15) is 9.59 Å². The summed E-state index contributed by atoms with van der Waals surface area (Å²) in [4.78, 5) is 38.0. The van der Waals surface area contributed by atoms with E-state index in [1.807, 2.05) is 19.9 Å². The first-order valence-corrected chi connectivity index (χ1v) is 15.0. The molecule has 0 saturated carbocycles. The fourth-order valence-electron chi connectivity index (χ4n) is 5.23. The summed E-state index contributed by atoms with van der Waals surface area (Å²) in [5.41, 5.74) is 1.05. The highest BCUT2D eigenvalue weighted by Gasteiger charge is 2.21. The number of nitrogens with one attached hydrogen (secondary N) is 2. The quantitative estimate of drug-likeness (QED) is 0.166. The van der Waals surface area contributed by atoms with E-state index in [-0.39, 0.29) is 24.0 Å². The number of halogens is 2. The number of para-hydroxylation sites is 1. The summed E-state index contributed by atoms with van der Waals surface area (Å²) < 4.78 is 36.6. The van der Waals surface area contributed by atoms with Crippen molar-refractivity contribution in [2.24, 2.45) is 0 Å². The topological polar surface area (TPSA) is 105 Å². The second-order valence-electron chi connectivity index (χ2n) is 10.7. The van der Waals surface area contributed by atoms with Crippen LogP contribution in [0.3, 0.4) is 0 Å². The molecular weight excluding hydrogens is 578 g/mol. The summed E-state index contributed by atoms with van der Waals surface area (Å²) in [6.07, 6.45) is 0.797. The zero-order chi connectivity index (χ0) is 32.1. The van der Waals surface area contributed by atoms with Gasteiger partial charge in [-0.3, -0.25) is 14.2 Å². The number of carbonyl (C=O) groups excluding carboxylic acids is 1. The van der Waals surface area contributed by atoms with Crippen molar-refractivity contribution in [3.05, 3.63) is 105 Å². The number of hydrogen-bond donors (Lipinski definition) is 2. The van der Waals surface area contributed by atoms with Crippen LogP contribution < -0.4 is 16.2 Å². The summed E-state index contributed by atoms with van der Waals surface area (Å²) in [5.74, 6) is -0.553. The van der Waals surface area contributed by atoms with Gasteiger partial charge in [0.05, 0.1) is 12.2 Å². The number of fused-ring (bicyclic) bond motifs is 1. The van der Waals surface area contributed by atoms with Gasteiger partial charge >= 0.3 is 0 Å². The Morgan fingerprint density at radius 1 is 0.978 bits per heavy atom. The Hall–Kier alpha value is -4.90. The molecule has 1 amide bonds. The monoisotopic (exact) mass is 614 g/mol. The van der Waals surface area contributed by atoms with Gasteiger partial charge in [0, 0.05) is 29.1 Å². The van der Waals surface area contributed by atoms with E-state index in [1.54, 1.807) is 24.3 Å². The molecular formula is C34H36F2N6O3. The minimum absolute atomic E-state index is 0.0326. The normalized spacial score (nSPS) is 11.4. The molecule has 45 heavy (non-hydrogen) atoms. The van der Waals surface area contributed by atoms with Gasteiger partial charge in [-0.15, -0.1) is 0 Å². The first-order valence-electron chi connectivity index (χ1n) is 15.0. The lowest BCUT2D eigenvalue weighted by Gasteiger charge is -2.18. The Morgan fingerprint density at radius 2 is 1.73 bits per heavy atom. The van der Waals surface area contributed by atoms with Crippen LogP contribution in [-0.2, 0) is 6.54 Å². The molecule has 3 heterocycles. The minimum atomic E-state index is -0.903. The number of rotatable bonds is 12. The maximum absolute atomic E-state index is 15.0. The van der Waals surface area contributed by atoms with Gasteiger partial charge in [0.2, 0.25) is 5.95 Å². The zero-order valence-corrected chi connectivity index (χ0v) is 25.8. The Morgan fingerprint density at radius 3 is 2.42 bits per heavy atom. The van der Waals surface area contributed by atoms with Crippen LogP contribution in [-0.4, -0.2) is 51.5 Å². The van der Waals surface area contributed by atoms with Crippen LogP contribution in [0.4, 0.5) is 14.7 Å². The number of nitrogens with zero attached hydrogens (tertiary/aromatic N) is 4. The number of anilines is 1. The third kappa shape index (κ3) is 6.93. The molecule has 0 aliphatic carbocycles. The molecule has 11 heteroatoms. The van der Waals surface area contributed by atoms with Gasteiger partial charge in [-0.05, 0) is 87.9 Å². The number of amides is 1. The third-order valence-corrected chi connectivity index (χ3v) is 7.71. The molecule has 5 aromatic rings. The smallest absolute Gasteiger partial charge is 0.256 e. The molecule has 9 nitrogen and oxygen atoms in total. The van der Waals surface area contributed by atoms with Gasteiger partial charge in [0.25, 0.3) is 11.5 Å². The van der Waals surface area contributed by atoms with Crippen LogP contribution >= 0.6 is 0 Å². The van der Waals surface area contributed by atoms with E-state index in [0.29, 0.717) is 34.5 Å². The zero-order valence-electron chi connectivity index (χ0n) is 25.8. The van der Waals surface area contributed by atoms with Crippen molar-refractivity contribution >= 4 is 22.9 Å². The third-order valence-electron chi connectivity index (χ3n) is 7.71. The van der Waals surface area contributed by atoms with Crippen molar-refractivity contribution in [1.29, 1.82) is 0 Å². The second-order valence-corrected chi connectivity index (χ2v) is 10.7. The van der Waals surface area contributed by atoms with Gasteiger partial charge in [-0.2, -0.15) is 4.98 Å². The lowest BCUT2D eigenvalue weighted by molar-refractivity contribution is 0.0948. The Bertz CT molecular complexity index is 1880. The molecule has 0 bridgehead atoms. The SMILES string of the molecule is CCN(CC)CCCNc1nc(-c2cc(C(=O)NCc3ccc(C)o3)ccc2C)c2ccc(=O)n(-c3c(F)cccc3F)c2n1. The molecule has 0 aliphatic rings. The van der Waals surface area contributed by atoms with E-state index in [1.165, 1.54) is 18.2 Å². The van der Waals surface area contributed by atoms with Crippen LogP contribution in [0, 0.1) is 25.5 Å². The van der Waals surface area contributed by atoms with Crippen molar-refractivity contribution in [2.45, 2.75) is 40.7 Å². The highest BCUT2D eigenvalue weighted by atomic mass is 19.1.